The van der Waals surface area contributed by atoms with Gasteiger partial charge in [0.1, 0.15) is 11.5 Å². The summed E-state index contributed by atoms with van der Waals surface area (Å²) in [5, 5.41) is 32.9. The fourth-order valence-electron chi connectivity index (χ4n) is 8.31. The van der Waals surface area contributed by atoms with Crippen LogP contribution in [-0.4, -0.2) is 21.1 Å². The molecule has 3 saturated carbocycles. The second-order valence-electron chi connectivity index (χ2n) is 12.4. The predicted molar refractivity (Wildman–Crippen MR) is 127 cm³/mol. The highest BCUT2D eigenvalue weighted by molar-refractivity contribution is 5.97. The Morgan fingerprint density at radius 3 is 2.16 bits per heavy atom. The first-order valence-corrected chi connectivity index (χ1v) is 13.0. The maximum absolute atomic E-state index is 13.3. The van der Waals surface area contributed by atoms with Crippen molar-refractivity contribution in [1.82, 2.24) is 0 Å². The molecule has 0 radical (unpaired) electrons. The lowest BCUT2D eigenvalue weighted by molar-refractivity contribution is -0.133. The molecule has 0 saturated heterocycles. The van der Waals surface area contributed by atoms with Gasteiger partial charge in [0.25, 0.3) is 0 Å². The normalized spacial score (nSPS) is 42.2. The van der Waals surface area contributed by atoms with Crippen LogP contribution >= 0.6 is 0 Å². The molecule has 3 fully saturated rings. The van der Waals surface area contributed by atoms with E-state index in [0.29, 0.717) is 5.92 Å². The molecule has 0 amide bonds. The second kappa shape index (κ2) is 8.09. The number of carbonyl (C=O) groups excluding carboxylic acids is 1. The lowest BCUT2D eigenvalue weighted by atomic mass is 9.47. The fourth-order valence-corrected chi connectivity index (χ4v) is 8.31. The quantitative estimate of drug-likeness (QED) is 0.398. The average Bonchev–Trinajstić information content (AvgIpc) is 3.11. The molecule has 0 bridgehead atoms. The molecule has 0 aromatic heterocycles. The van der Waals surface area contributed by atoms with Crippen LogP contribution in [0.3, 0.4) is 0 Å². The standard InChI is InChI=1S/C28H44O4/c1-15(2)16(3)23(29)24(30)17(4)18-10-11-19-22-20(12-14-28(18,19)6)27(5)13-8-7-9-21(27)25(31)26(22)32/h15-21,29-30,32H,7-14H2,1-6H3/t16-,17+,18-,19+,20+,21?,27-,28-/m1/s1. The molecule has 4 heteroatoms. The van der Waals surface area contributed by atoms with Gasteiger partial charge in [0, 0.05) is 17.8 Å². The van der Waals surface area contributed by atoms with Crippen molar-refractivity contribution in [2.24, 2.45) is 52.3 Å². The molecular weight excluding hydrogens is 400 g/mol. The summed E-state index contributed by atoms with van der Waals surface area (Å²) in [5.41, 5.74) is 0.948. The van der Waals surface area contributed by atoms with Crippen LogP contribution in [0.5, 0.6) is 0 Å². The number of aliphatic hydroxyl groups excluding tert-OH is 3. The zero-order valence-electron chi connectivity index (χ0n) is 20.9. The van der Waals surface area contributed by atoms with E-state index in [1.807, 2.05) is 13.8 Å². The van der Waals surface area contributed by atoms with Crippen LogP contribution in [0.25, 0.3) is 0 Å². The van der Waals surface area contributed by atoms with Gasteiger partial charge in [0.15, 0.2) is 5.76 Å². The summed E-state index contributed by atoms with van der Waals surface area (Å²) in [5.74, 6) is 1.07. The first-order valence-electron chi connectivity index (χ1n) is 13.0. The number of fused-ring (bicyclic) bond motifs is 5. The SMILES string of the molecule is CC(C)[C@@H](C)C(O)=C(O)[C@@H](C)[C@H]1CC[C@H]2C3=C(O)C(=O)C4CCCC[C@]4(C)[C@H]3CC[C@]12C. The molecule has 4 nitrogen and oxygen atoms in total. The van der Waals surface area contributed by atoms with E-state index in [2.05, 4.69) is 27.7 Å². The molecule has 4 aliphatic carbocycles. The third kappa shape index (κ3) is 3.26. The Morgan fingerprint density at radius 2 is 1.50 bits per heavy atom. The third-order valence-corrected chi connectivity index (χ3v) is 10.7. The molecule has 0 aromatic rings. The van der Waals surface area contributed by atoms with Crippen molar-refractivity contribution in [3.05, 3.63) is 22.9 Å². The number of carbonyl (C=O) groups is 1. The molecule has 180 valence electrons. The van der Waals surface area contributed by atoms with Gasteiger partial charge in [-0.15, -0.1) is 0 Å². The Kier molecular flexibility index (Phi) is 5.99. The number of allylic oxidation sites excluding steroid dienone is 4. The van der Waals surface area contributed by atoms with Crippen molar-refractivity contribution in [1.29, 1.82) is 0 Å². The van der Waals surface area contributed by atoms with Crippen LogP contribution in [0.4, 0.5) is 0 Å². The minimum atomic E-state index is -0.136. The summed E-state index contributed by atoms with van der Waals surface area (Å²) in [4.78, 5) is 13.3. The van der Waals surface area contributed by atoms with E-state index < -0.39 is 0 Å². The molecule has 0 aromatic carbocycles. The number of ketones is 1. The van der Waals surface area contributed by atoms with Gasteiger partial charge >= 0.3 is 0 Å². The van der Waals surface area contributed by atoms with Gasteiger partial charge in [-0.2, -0.15) is 0 Å². The van der Waals surface area contributed by atoms with E-state index in [1.165, 1.54) is 6.42 Å². The van der Waals surface area contributed by atoms with Gasteiger partial charge < -0.3 is 15.3 Å². The summed E-state index contributed by atoms with van der Waals surface area (Å²) in [6.07, 6.45) is 8.23. The molecule has 3 N–H and O–H groups in total. The first kappa shape index (κ1) is 23.7. The lowest BCUT2D eigenvalue weighted by Crippen LogP contribution is -2.52. The summed E-state index contributed by atoms with van der Waals surface area (Å²) >= 11 is 0. The van der Waals surface area contributed by atoms with Crippen LogP contribution < -0.4 is 0 Å². The molecular formula is C28H44O4. The van der Waals surface area contributed by atoms with Gasteiger partial charge in [-0.25, -0.2) is 0 Å². The molecule has 0 heterocycles. The highest BCUT2D eigenvalue weighted by Crippen LogP contribution is 2.67. The smallest absolute Gasteiger partial charge is 0.200 e. The number of hydrogen-bond acceptors (Lipinski definition) is 4. The van der Waals surface area contributed by atoms with Gasteiger partial charge in [-0.05, 0) is 78.6 Å². The van der Waals surface area contributed by atoms with Crippen molar-refractivity contribution in [3.63, 3.8) is 0 Å². The van der Waals surface area contributed by atoms with Gasteiger partial charge in [0.2, 0.25) is 5.78 Å². The Bertz CT molecular complexity index is 838. The number of Topliss-reactive ketones (excluding diaryl/α,β-unsaturated/α-hetero) is 1. The zero-order chi connectivity index (χ0) is 23.6. The van der Waals surface area contributed by atoms with Crippen LogP contribution in [0.1, 0.15) is 92.9 Å². The monoisotopic (exact) mass is 444 g/mol. The minimum absolute atomic E-state index is 0.00894. The summed E-state index contributed by atoms with van der Waals surface area (Å²) in [6, 6.07) is 0. The molecule has 32 heavy (non-hydrogen) atoms. The number of rotatable bonds is 4. The largest absolute Gasteiger partial charge is 0.509 e. The van der Waals surface area contributed by atoms with Crippen molar-refractivity contribution in [3.8, 4) is 0 Å². The van der Waals surface area contributed by atoms with Crippen molar-refractivity contribution in [2.45, 2.75) is 92.9 Å². The maximum Gasteiger partial charge on any atom is 0.200 e. The van der Waals surface area contributed by atoms with E-state index >= 15 is 0 Å². The van der Waals surface area contributed by atoms with Crippen LogP contribution in [0.15, 0.2) is 22.9 Å². The van der Waals surface area contributed by atoms with Crippen molar-refractivity contribution in [2.75, 3.05) is 0 Å². The van der Waals surface area contributed by atoms with Crippen molar-refractivity contribution >= 4 is 5.78 Å². The van der Waals surface area contributed by atoms with Crippen LogP contribution in [0.2, 0.25) is 0 Å². The van der Waals surface area contributed by atoms with Crippen LogP contribution in [0, 0.1) is 52.3 Å². The minimum Gasteiger partial charge on any atom is -0.509 e. The Morgan fingerprint density at radius 1 is 0.844 bits per heavy atom. The average molecular weight is 445 g/mol. The topological polar surface area (TPSA) is 77.8 Å². The van der Waals surface area contributed by atoms with Gasteiger partial charge in [0.05, 0.1) is 0 Å². The first-order chi connectivity index (χ1) is 14.9. The Labute approximate surface area is 194 Å². The predicted octanol–water partition coefficient (Wildman–Crippen LogP) is 7.28. The third-order valence-electron chi connectivity index (χ3n) is 10.7. The van der Waals surface area contributed by atoms with E-state index in [9.17, 15) is 20.1 Å². The molecule has 4 rings (SSSR count). The summed E-state index contributed by atoms with van der Waals surface area (Å²) < 4.78 is 0. The summed E-state index contributed by atoms with van der Waals surface area (Å²) in [7, 11) is 0. The molecule has 0 aliphatic heterocycles. The van der Waals surface area contributed by atoms with Gasteiger partial charge in [-0.1, -0.05) is 54.4 Å². The fraction of sp³-hybridized carbons (Fsp3) is 0.821. The molecule has 4 aliphatic rings. The van der Waals surface area contributed by atoms with E-state index in [-0.39, 0.29) is 69.4 Å². The van der Waals surface area contributed by atoms with Crippen LogP contribution in [-0.2, 0) is 4.79 Å². The number of hydrogen-bond donors (Lipinski definition) is 3. The van der Waals surface area contributed by atoms with Crippen molar-refractivity contribution < 1.29 is 20.1 Å². The second-order valence-corrected chi connectivity index (χ2v) is 12.4. The zero-order valence-corrected chi connectivity index (χ0v) is 20.9. The van der Waals surface area contributed by atoms with Gasteiger partial charge in [-0.3, -0.25) is 4.79 Å². The molecule has 1 unspecified atom stereocenters. The molecule has 8 atom stereocenters. The van der Waals surface area contributed by atoms with E-state index in [4.69, 9.17) is 0 Å². The number of aliphatic hydroxyl groups is 3. The maximum atomic E-state index is 13.3. The van der Waals surface area contributed by atoms with E-state index in [0.717, 1.165) is 50.5 Å². The lowest BCUT2D eigenvalue weighted by Gasteiger charge is -2.56. The highest BCUT2D eigenvalue weighted by atomic mass is 16.3. The summed E-state index contributed by atoms with van der Waals surface area (Å²) in [6.45, 7) is 12.7. The Hall–Kier alpha value is -1.45. The Balaban J connectivity index is 1.68. The highest BCUT2D eigenvalue weighted by Gasteiger charge is 2.61. The van der Waals surface area contributed by atoms with E-state index in [1.54, 1.807) is 0 Å². The molecule has 0 spiro atoms.